The molecule has 22 heavy (non-hydrogen) atoms. The van der Waals surface area contributed by atoms with Crippen molar-refractivity contribution < 1.29 is 19.1 Å². The molecule has 118 valence electrons. The third kappa shape index (κ3) is 5.74. The minimum absolute atomic E-state index is 0.0495. The van der Waals surface area contributed by atoms with E-state index in [2.05, 4.69) is 17.1 Å². The molecule has 0 aromatic heterocycles. The Hall–Kier alpha value is -2.70. The lowest BCUT2D eigenvalue weighted by atomic mass is 10.0. The van der Waals surface area contributed by atoms with Gasteiger partial charge in [0.2, 0.25) is 0 Å². The molecule has 0 heterocycles. The van der Waals surface area contributed by atoms with E-state index < -0.39 is 18.1 Å². The molecule has 1 rings (SSSR count). The summed E-state index contributed by atoms with van der Waals surface area (Å²) in [5.74, 6) is -0.471. The Morgan fingerprint density at radius 2 is 2.18 bits per heavy atom. The fourth-order valence-corrected chi connectivity index (χ4v) is 1.76. The smallest absolute Gasteiger partial charge is 0.407 e. The summed E-state index contributed by atoms with van der Waals surface area (Å²) in [5.41, 5.74) is 0.758. The van der Waals surface area contributed by atoms with Crippen molar-refractivity contribution in [2.24, 2.45) is 5.18 Å². The molecule has 0 aliphatic rings. The number of nitrogens with zero attached hydrogens (tertiary/aromatic N) is 1. The zero-order chi connectivity index (χ0) is 16.4. The fraction of sp³-hybridized carbons (Fsp3) is 0.333. The standard InChI is InChI=1S/C15H18N2O5/c1-3-8-22-15(19)16-13(10-14(18)21-4-2)11-6-5-7-12(9-11)17-20/h3,5-7,9,13H,1,4,8,10H2,2H3,(H,16,19). The second-order valence-corrected chi connectivity index (χ2v) is 4.28. The maximum absolute atomic E-state index is 11.7. The highest BCUT2D eigenvalue weighted by Crippen LogP contribution is 2.22. The van der Waals surface area contributed by atoms with Gasteiger partial charge in [-0.15, -0.1) is 4.91 Å². The van der Waals surface area contributed by atoms with Crippen molar-refractivity contribution in [1.82, 2.24) is 5.32 Å². The average molecular weight is 306 g/mol. The molecule has 1 aromatic carbocycles. The second kappa shape index (κ2) is 9.28. The third-order valence-corrected chi connectivity index (χ3v) is 2.68. The first kappa shape index (κ1) is 17.4. The SMILES string of the molecule is C=CCOC(=O)NC(CC(=O)OCC)c1cccc(N=O)c1. The Labute approximate surface area is 128 Å². The molecule has 1 unspecified atom stereocenters. The molecule has 0 radical (unpaired) electrons. The zero-order valence-electron chi connectivity index (χ0n) is 12.3. The summed E-state index contributed by atoms with van der Waals surface area (Å²) in [6.45, 7) is 5.42. The van der Waals surface area contributed by atoms with E-state index >= 15 is 0 Å². The molecule has 7 heteroatoms. The van der Waals surface area contributed by atoms with Crippen LogP contribution in [0.5, 0.6) is 0 Å². The van der Waals surface area contributed by atoms with Crippen molar-refractivity contribution in [3.05, 3.63) is 47.4 Å². The van der Waals surface area contributed by atoms with E-state index in [1.54, 1.807) is 19.1 Å². The van der Waals surface area contributed by atoms with Crippen LogP contribution in [0.15, 0.2) is 42.1 Å². The first-order chi connectivity index (χ1) is 10.6. The lowest BCUT2D eigenvalue weighted by Crippen LogP contribution is -2.31. The molecule has 1 N–H and O–H groups in total. The summed E-state index contributed by atoms with van der Waals surface area (Å²) in [4.78, 5) is 33.9. The molecular weight excluding hydrogens is 288 g/mol. The van der Waals surface area contributed by atoms with Gasteiger partial charge in [0.25, 0.3) is 0 Å². The van der Waals surface area contributed by atoms with Gasteiger partial charge in [-0.25, -0.2) is 4.79 Å². The molecule has 1 atom stereocenters. The van der Waals surface area contributed by atoms with Gasteiger partial charge >= 0.3 is 12.1 Å². The molecule has 0 aliphatic heterocycles. The number of carbonyl (C=O) groups is 2. The normalized spacial score (nSPS) is 11.1. The quantitative estimate of drug-likeness (QED) is 0.452. The van der Waals surface area contributed by atoms with Crippen LogP contribution < -0.4 is 5.32 Å². The summed E-state index contributed by atoms with van der Waals surface area (Å²) < 4.78 is 9.72. The van der Waals surface area contributed by atoms with Crippen LogP contribution in [-0.4, -0.2) is 25.3 Å². The largest absolute Gasteiger partial charge is 0.466 e. The van der Waals surface area contributed by atoms with Gasteiger partial charge in [0.15, 0.2) is 0 Å². The zero-order valence-corrected chi connectivity index (χ0v) is 12.3. The van der Waals surface area contributed by atoms with Crippen molar-refractivity contribution in [3.8, 4) is 0 Å². The molecule has 0 saturated carbocycles. The van der Waals surface area contributed by atoms with E-state index in [9.17, 15) is 14.5 Å². The molecule has 0 bridgehead atoms. The van der Waals surface area contributed by atoms with Crippen molar-refractivity contribution in [2.75, 3.05) is 13.2 Å². The lowest BCUT2D eigenvalue weighted by Gasteiger charge is -2.18. The summed E-state index contributed by atoms with van der Waals surface area (Å²) in [5, 5.41) is 5.39. The van der Waals surface area contributed by atoms with E-state index in [1.165, 1.54) is 18.2 Å². The average Bonchev–Trinajstić information content (AvgIpc) is 2.52. The van der Waals surface area contributed by atoms with Crippen molar-refractivity contribution in [1.29, 1.82) is 0 Å². The minimum Gasteiger partial charge on any atom is -0.466 e. The van der Waals surface area contributed by atoms with Crippen LogP contribution in [0.4, 0.5) is 10.5 Å². The maximum atomic E-state index is 11.7. The first-order valence-electron chi connectivity index (χ1n) is 6.73. The summed E-state index contributed by atoms with van der Waals surface area (Å²) in [6.07, 6.45) is 0.648. The second-order valence-electron chi connectivity index (χ2n) is 4.28. The van der Waals surface area contributed by atoms with Crippen molar-refractivity contribution >= 4 is 17.7 Å². The van der Waals surface area contributed by atoms with Gasteiger partial charge < -0.3 is 14.8 Å². The van der Waals surface area contributed by atoms with Gasteiger partial charge in [-0.2, -0.15) is 0 Å². The minimum atomic E-state index is -0.696. The highest BCUT2D eigenvalue weighted by Gasteiger charge is 2.20. The Bertz CT molecular complexity index is 544. The van der Waals surface area contributed by atoms with Gasteiger partial charge in [-0.05, 0) is 29.8 Å². The van der Waals surface area contributed by atoms with Gasteiger partial charge in [0.05, 0.1) is 19.1 Å². The van der Waals surface area contributed by atoms with E-state index in [0.717, 1.165) is 0 Å². The van der Waals surface area contributed by atoms with E-state index in [4.69, 9.17) is 9.47 Å². The molecule has 0 fully saturated rings. The maximum Gasteiger partial charge on any atom is 0.407 e. The van der Waals surface area contributed by atoms with Crippen LogP contribution in [0.3, 0.4) is 0 Å². The van der Waals surface area contributed by atoms with E-state index in [1.807, 2.05) is 0 Å². The molecule has 0 saturated heterocycles. The van der Waals surface area contributed by atoms with E-state index in [0.29, 0.717) is 5.56 Å². The monoisotopic (exact) mass is 306 g/mol. The molecule has 0 spiro atoms. The molecular formula is C15H18N2O5. The van der Waals surface area contributed by atoms with Crippen LogP contribution in [0.25, 0.3) is 0 Å². The number of nitroso groups, excluding NO2 is 1. The van der Waals surface area contributed by atoms with Gasteiger partial charge in [0.1, 0.15) is 12.3 Å². The fourth-order valence-electron chi connectivity index (χ4n) is 1.76. The van der Waals surface area contributed by atoms with Crippen molar-refractivity contribution in [3.63, 3.8) is 0 Å². The molecule has 0 aliphatic carbocycles. The number of benzene rings is 1. The predicted octanol–water partition coefficient (Wildman–Crippen LogP) is 2.99. The number of ether oxygens (including phenoxy) is 2. The predicted molar refractivity (Wildman–Crippen MR) is 80.6 cm³/mol. The number of hydrogen-bond donors (Lipinski definition) is 1. The highest BCUT2D eigenvalue weighted by molar-refractivity contribution is 5.73. The topological polar surface area (TPSA) is 94.1 Å². The number of hydrogen-bond acceptors (Lipinski definition) is 6. The van der Waals surface area contributed by atoms with Crippen molar-refractivity contribution in [2.45, 2.75) is 19.4 Å². The lowest BCUT2D eigenvalue weighted by molar-refractivity contribution is -0.143. The number of amides is 1. The Morgan fingerprint density at radius 3 is 2.82 bits per heavy atom. The molecule has 1 amide bonds. The van der Waals surface area contributed by atoms with Gasteiger partial charge in [-0.3, -0.25) is 4.79 Å². The summed E-state index contributed by atoms with van der Waals surface area (Å²) in [7, 11) is 0. The van der Waals surface area contributed by atoms with Crippen LogP contribution in [0, 0.1) is 4.91 Å². The van der Waals surface area contributed by atoms with Crippen LogP contribution in [-0.2, 0) is 14.3 Å². The number of rotatable bonds is 8. The van der Waals surface area contributed by atoms with Crippen LogP contribution >= 0.6 is 0 Å². The Balaban J connectivity index is 2.88. The van der Waals surface area contributed by atoms with Crippen LogP contribution in [0.1, 0.15) is 24.9 Å². The Morgan fingerprint density at radius 1 is 1.41 bits per heavy atom. The number of esters is 1. The first-order valence-corrected chi connectivity index (χ1v) is 6.73. The van der Waals surface area contributed by atoms with Gasteiger partial charge in [0, 0.05) is 0 Å². The number of alkyl carbamates (subject to hydrolysis) is 1. The van der Waals surface area contributed by atoms with Crippen LogP contribution in [0.2, 0.25) is 0 Å². The molecule has 7 nitrogen and oxygen atoms in total. The summed E-state index contributed by atoms with van der Waals surface area (Å²) >= 11 is 0. The number of carbonyl (C=O) groups excluding carboxylic acids is 2. The molecule has 1 aromatic rings. The van der Waals surface area contributed by atoms with Gasteiger partial charge in [-0.1, -0.05) is 24.8 Å². The highest BCUT2D eigenvalue weighted by atomic mass is 16.5. The van der Waals surface area contributed by atoms with E-state index in [-0.39, 0.29) is 25.3 Å². The third-order valence-electron chi connectivity index (χ3n) is 2.68. The Kier molecular flexibility index (Phi) is 7.32. The summed E-state index contributed by atoms with van der Waals surface area (Å²) in [6, 6.07) is 5.62. The number of nitrogens with one attached hydrogen (secondary N) is 1.